The van der Waals surface area contributed by atoms with Crippen LogP contribution in [0, 0.1) is 6.92 Å². The van der Waals surface area contributed by atoms with E-state index in [1.54, 1.807) is 7.05 Å². The third-order valence-corrected chi connectivity index (χ3v) is 2.55. The maximum absolute atomic E-state index is 11.9. The van der Waals surface area contributed by atoms with Crippen LogP contribution in [0.25, 0.3) is 0 Å². The van der Waals surface area contributed by atoms with Gasteiger partial charge in [0.2, 0.25) is 0 Å². The highest BCUT2D eigenvalue weighted by atomic mass is 19.4. The third-order valence-electron chi connectivity index (χ3n) is 2.55. The molecule has 1 aromatic heterocycles. The van der Waals surface area contributed by atoms with E-state index in [0.717, 1.165) is 5.56 Å². The predicted molar refractivity (Wildman–Crippen MR) is 71.1 cm³/mol. The van der Waals surface area contributed by atoms with E-state index in [4.69, 9.17) is 0 Å². The molecule has 20 heavy (non-hydrogen) atoms. The van der Waals surface area contributed by atoms with E-state index in [-0.39, 0.29) is 13.2 Å². The smallest absolute Gasteiger partial charge is 0.373 e. The van der Waals surface area contributed by atoms with Crippen LogP contribution in [0.4, 0.5) is 24.8 Å². The third kappa shape index (κ3) is 5.20. The van der Waals surface area contributed by atoms with E-state index in [2.05, 4.69) is 25.3 Å². The lowest BCUT2D eigenvalue weighted by molar-refractivity contribution is -0.172. The summed E-state index contributed by atoms with van der Waals surface area (Å²) in [6, 6.07) is 0. The summed E-state index contributed by atoms with van der Waals surface area (Å²) in [4.78, 5) is 8.61. The normalized spacial score (nSPS) is 11.5. The van der Waals surface area contributed by atoms with Crippen LogP contribution in [0.5, 0.6) is 0 Å². The van der Waals surface area contributed by atoms with Crippen LogP contribution in [-0.2, 0) is 11.2 Å². The van der Waals surface area contributed by atoms with Gasteiger partial charge in [0, 0.05) is 25.6 Å². The van der Waals surface area contributed by atoms with Gasteiger partial charge in [-0.2, -0.15) is 13.2 Å². The van der Waals surface area contributed by atoms with Gasteiger partial charge < -0.3 is 15.4 Å². The Bertz CT molecular complexity index is 437. The van der Waals surface area contributed by atoms with Crippen molar-refractivity contribution in [3.8, 4) is 0 Å². The Morgan fingerprint density at radius 2 is 1.85 bits per heavy atom. The monoisotopic (exact) mass is 292 g/mol. The molecule has 1 heterocycles. The first-order chi connectivity index (χ1) is 9.37. The molecule has 0 saturated heterocycles. The van der Waals surface area contributed by atoms with E-state index < -0.39 is 12.8 Å². The molecule has 0 aromatic carbocycles. The molecule has 5 nitrogen and oxygen atoms in total. The molecule has 1 aromatic rings. The minimum atomic E-state index is -4.29. The molecule has 0 bridgehead atoms. The zero-order valence-electron chi connectivity index (χ0n) is 11.8. The largest absolute Gasteiger partial charge is 0.411 e. The fourth-order valence-corrected chi connectivity index (χ4v) is 1.57. The number of hydrogen-bond acceptors (Lipinski definition) is 5. The van der Waals surface area contributed by atoms with Gasteiger partial charge in [-0.25, -0.2) is 9.97 Å². The Labute approximate surface area is 116 Å². The SMILES string of the molecule is CCc1nc(NC)c(C)c(NCCOCC(F)(F)F)n1. The Kier molecular flexibility index (Phi) is 6.00. The first-order valence-corrected chi connectivity index (χ1v) is 6.31. The number of ether oxygens (including phenoxy) is 1. The lowest BCUT2D eigenvalue weighted by atomic mass is 10.3. The number of aromatic nitrogens is 2. The molecule has 0 spiro atoms. The summed E-state index contributed by atoms with van der Waals surface area (Å²) in [6.07, 6.45) is -3.62. The molecule has 0 aliphatic carbocycles. The minimum absolute atomic E-state index is 0.0424. The molecule has 0 aliphatic heterocycles. The number of aryl methyl sites for hydroxylation is 1. The van der Waals surface area contributed by atoms with Gasteiger partial charge in [0.05, 0.1) is 6.61 Å². The highest BCUT2D eigenvalue weighted by Gasteiger charge is 2.27. The van der Waals surface area contributed by atoms with E-state index in [9.17, 15) is 13.2 Å². The lowest BCUT2D eigenvalue weighted by Gasteiger charge is -2.13. The molecule has 2 N–H and O–H groups in total. The molecule has 0 atom stereocenters. The Morgan fingerprint density at radius 1 is 1.20 bits per heavy atom. The number of nitrogens with one attached hydrogen (secondary N) is 2. The molecule has 8 heteroatoms. The van der Waals surface area contributed by atoms with Crippen molar-refractivity contribution in [1.29, 1.82) is 0 Å². The molecule has 0 amide bonds. The van der Waals surface area contributed by atoms with Gasteiger partial charge in [-0.3, -0.25) is 0 Å². The Hall–Kier alpha value is -1.57. The first kappa shape index (κ1) is 16.5. The molecule has 0 unspecified atom stereocenters. The standard InChI is InChI=1S/C12H19F3N4O/c1-4-9-18-10(16-3)8(2)11(19-9)17-5-6-20-7-12(13,14)15/h4-7H2,1-3H3,(H2,16,17,18,19). The molecule has 0 aliphatic rings. The van der Waals surface area contributed by atoms with Gasteiger partial charge in [0.1, 0.15) is 24.1 Å². The van der Waals surface area contributed by atoms with Crippen molar-refractivity contribution in [2.75, 3.05) is 37.4 Å². The summed E-state index contributed by atoms with van der Waals surface area (Å²) in [5.41, 5.74) is 0.820. The number of anilines is 2. The van der Waals surface area contributed by atoms with Gasteiger partial charge >= 0.3 is 6.18 Å². The molecular weight excluding hydrogens is 273 g/mol. The highest BCUT2D eigenvalue weighted by Crippen LogP contribution is 2.19. The topological polar surface area (TPSA) is 59.1 Å². The maximum atomic E-state index is 11.9. The summed E-state index contributed by atoms with van der Waals surface area (Å²) >= 11 is 0. The molecular formula is C12H19F3N4O. The summed E-state index contributed by atoms with van der Waals surface area (Å²) < 4.78 is 40.2. The van der Waals surface area contributed by atoms with Crippen LogP contribution < -0.4 is 10.6 Å². The van der Waals surface area contributed by atoms with Crippen LogP contribution >= 0.6 is 0 Å². The summed E-state index contributed by atoms with van der Waals surface area (Å²) in [5.74, 6) is 1.98. The quantitative estimate of drug-likeness (QED) is 0.756. The van der Waals surface area contributed by atoms with Crippen molar-refractivity contribution in [1.82, 2.24) is 9.97 Å². The minimum Gasteiger partial charge on any atom is -0.373 e. The summed E-state index contributed by atoms with van der Waals surface area (Å²) in [5, 5.41) is 5.93. The van der Waals surface area contributed by atoms with Crippen molar-refractivity contribution in [2.45, 2.75) is 26.4 Å². The molecule has 114 valence electrons. The van der Waals surface area contributed by atoms with Gasteiger partial charge in [-0.05, 0) is 6.92 Å². The number of nitrogens with zero attached hydrogens (tertiary/aromatic N) is 2. The highest BCUT2D eigenvalue weighted by molar-refractivity contribution is 5.56. The van der Waals surface area contributed by atoms with Gasteiger partial charge in [-0.1, -0.05) is 6.92 Å². The van der Waals surface area contributed by atoms with E-state index in [1.165, 1.54) is 0 Å². The van der Waals surface area contributed by atoms with Crippen LogP contribution in [0.2, 0.25) is 0 Å². The van der Waals surface area contributed by atoms with Crippen molar-refractivity contribution in [2.24, 2.45) is 0 Å². The van der Waals surface area contributed by atoms with E-state index in [1.807, 2.05) is 13.8 Å². The fraction of sp³-hybridized carbons (Fsp3) is 0.667. The summed E-state index contributed by atoms with van der Waals surface area (Å²) in [6.45, 7) is 2.74. The van der Waals surface area contributed by atoms with Crippen molar-refractivity contribution in [3.05, 3.63) is 11.4 Å². The number of halogens is 3. The van der Waals surface area contributed by atoms with Crippen LogP contribution in [0.15, 0.2) is 0 Å². The fourth-order valence-electron chi connectivity index (χ4n) is 1.57. The number of alkyl halides is 3. The maximum Gasteiger partial charge on any atom is 0.411 e. The second kappa shape index (κ2) is 7.28. The molecule has 0 saturated carbocycles. The average Bonchev–Trinajstić information content (AvgIpc) is 2.38. The van der Waals surface area contributed by atoms with Gasteiger partial charge in [0.15, 0.2) is 0 Å². The second-order valence-corrected chi connectivity index (χ2v) is 4.16. The van der Waals surface area contributed by atoms with Crippen molar-refractivity contribution < 1.29 is 17.9 Å². The second-order valence-electron chi connectivity index (χ2n) is 4.16. The Morgan fingerprint density at radius 3 is 2.40 bits per heavy atom. The van der Waals surface area contributed by atoms with Gasteiger partial charge in [0.25, 0.3) is 0 Å². The molecule has 0 radical (unpaired) electrons. The van der Waals surface area contributed by atoms with Crippen LogP contribution in [-0.4, -0.2) is 43.0 Å². The van der Waals surface area contributed by atoms with E-state index >= 15 is 0 Å². The van der Waals surface area contributed by atoms with E-state index in [0.29, 0.717) is 23.9 Å². The number of rotatable bonds is 7. The van der Waals surface area contributed by atoms with Crippen LogP contribution in [0.3, 0.4) is 0 Å². The van der Waals surface area contributed by atoms with Crippen LogP contribution in [0.1, 0.15) is 18.3 Å². The summed E-state index contributed by atoms with van der Waals surface area (Å²) in [7, 11) is 1.75. The average molecular weight is 292 g/mol. The first-order valence-electron chi connectivity index (χ1n) is 6.31. The molecule has 1 rings (SSSR count). The zero-order chi connectivity index (χ0) is 15.2. The Balaban J connectivity index is 2.55. The number of hydrogen-bond donors (Lipinski definition) is 2. The van der Waals surface area contributed by atoms with Gasteiger partial charge in [-0.15, -0.1) is 0 Å². The lowest BCUT2D eigenvalue weighted by Crippen LogP contribution is -2.20. The zero-order valence-corrected chi connectivity index (χ0v) is 11.8. The predicted octanol–water partition coefficient (Wildman–Crippen LogP) is 2.38. The van der Waals surface area contributed by atoms with Crippen molar-refractivity contribution in [3.63, 3.8) is 0 Å². The van der Waals surface area contributed by atoms with Crippen molar-refractivity contribution >= 4 is 11.6 Å². The molecule has 0 fully saturated rings.